The van der Waals surface area contributed by atoms with Crippen molar-refractivity contribution in [3.63, 3.8) is 0 Å². The molecule has 0 spiro atoms. The predicted molar refractivity (Wildman–Crippen MR) is 343 cm³/mol. The van der Waals surface area contributed by atoms with Gasteiger partial charge in [0.1, 0.15) is 28.6 Å². The quantitative estimate of drug-likeness (QED) is 0.0551. The van der Waals surface area contributed by atoms with E-state index in [-0.39, 0.29) is 66.0 Å². The lowest BCUT2D eigenvalue weighted by Crippen LogP contribution is -2.28. The number of halogens is 12. The van der Waals surface area contributed by atoms with Crippen LogP contribution in [0.2, 0.25) is 0 Å². The van der Waals surface area contributed by atoms with Crippen molar-refractivity contribution in [2.45, 2.75) is 180 Å². The Bertz CT molecular complexity index is 4760. The maximum atomic E-state index is 12.5. The zero-order valence-corrected chi connectivity index (χ0v) is 61.4. The number of phenolic OH excluding ortho intramolecular Hbond substituents is 2. The number of fused-ring (bicyclic) bond motifs is 4. The maximum Gasteiger partial charge on any atom is 0.534 e. The van der Waals surface area contributed by atoms with E-state index in [4.69, 9.17) is 18.3 Å². The van der Waals surface area contributed by atoms with Gasteiger partial charge >= 0.3 is 72.4 Å². The molecule has 2 aliphatic heterocycles. The van der Waals surface area contributed by atoms with E-state index in [1.807, 2.05) is 41.5 Å². The molecule has 9 rings (SSSR count). The van der Waals surface area contributed by atoms with Crippen molar-refractivity contribution >= 4 is 108 Å². The molecule has 0 radical (unpaired) electrons. The first-order chi connectivity index (χ1) is 43.9. The molecule has 40 heteroatoms. The summed E-state index contributed by atoms with van der Waals surface area (Å²) in [5.74, 6) is -1.08. The summed E-state index contributed by atoms with van der Waals surface area (Å²) in [5.41, 5.74) is -15.2. The Morgan fingerprint density at radius 1 is 0.408 bits per heavy atom. The third kappa shape index (κ3) is 16.6. The average molecular weight is 1560 g/mol. The first kappa shape index (κ1) is 82.2. The van der Waals surface area contributed by atoms with Gasteiger partial charge in [-0.25, -0.2) is 9.59 Å². The largest absolute Gasteiger partial charge is 0.534 e. The fourth-order valence-corrected chi connectivity index (χ4v) is 14.9. The fraction of sp³-hybridized carbons (Fsp3) is 0.448. The van der Waals surface area contributed by atoms with E-state index in [2.05, 4.69) is 29.4 Å². The van der Waals surface area contributed by atoms with Gasteiger partial charge in [-0.3, -0.25) is 0 Å². The van der Waals surface area contributed by atoms with Crippen LogP contribution in [0.15, 0.2) is 28.2 Å². The number of hydrogen-bond acceptors (Lipinski definition) is 24. The van der Waals surface area contributed by atoms with Gasteiger partial charge in [0.15, 0.2) is 39.1 Å². The lowest BCUT2D eigenvalue weighted by molar-refractivity contribution is -0.0505. The van der Waals surface area contributed by atoms with Crippen LogP contribution in [0.1, 0.15) is 117 Å². The van der Waals surface area contributed by atoms with Crippen molar-refractivity contribution in [2.75, 3.05) is 0 Å². The molecule has 0 aliphatic carbocycles. The lowest BCUT2D eigenvalue weighted by Gasteiger charge is -2.19. The topological polar surface area (TPSA) is 293 Å². The predicted octanol–water partition coefficient (Wildman–Crippen LogP) is 15.9. The van der Waals surface area contributed by atoms with Gasteiger partial charge < -0.3 is 45.3 Å². The second-order valence-electron chi connectivity index (χ2n) is 23.0. The van der Waals surface area contributed by atoms with Gasteiger partial charge in [-0.1, -0.05) is 34.4 Å². The van der Waals surface area contributed by atoms with Gasteiger partial charge in [-0.15, -0.1) is 12.6 Å². The van der Waals surface area contributed by atoms with Crippen molar-refractivity contribution in [3.05, 3.63) is 108 Å². The summed E-state index contributed by atoms with van der Waals surface area (Å²) in [6.45, 7) is 30.6. The number of hydrogen-bond donors (Lipinski definition) is 3. The van der Waals surface area contributed by atoms with Crippen LogP contribution in [-0.2, 0) is 46.9 Å². The van der Waals surface area contributed by atoms with Gasteiger partial charge in [-0.2, -0.15) is 86.4 Å². The Balaban J connectivity index is 0.000000223. The highest BCUT2D eigenvalue weighted by Crippen LogP contribution is 2.55. The van der Waals surface area contributed by atoms with Crippen LogP contribution in [0, 0.1) is 104 Å². The maximum absolute atomic E-state index is 12.5. The van der Waals surface area contributed by atoms with Crippen LogP contribution in [-0.4, -0.2) is 76.5 Å². The van der Waals surface area contributed by atoms with Crippen molar-refractivity contribution in [3.8, 4) is 46.0 Å². The number of aromatic hydroxyl groups is 2. The smallest absolute Gasteiger partial charge is 0.507 e. The molecule has 546 valence electrons. The van der Waals surface area contributed by atoms with Crippen LogP contribution in [0.25, 0.3) is 20.6 Å². The second kappa shape index (κ2) is 27.8. The number of rotatable bonds is 8. The van der Waals surface area contributed by atoms with Gasteiger partial charge in [0, 0.05) is 44.7 Å². The molecule has 0 amide bonds. The summed E-state index contributed by atoms with van der Waals surface area (Å²) in [4.78, 5) is 21.8. The Morgan fingerprint density at radius 3 is 1.13 bits per heavy atom. The number of benzene rings is 5. The van der Waals surface area contributed by atoms with E-state index >= 15 is 0 Å². The molecule has 0 unspecified atom stereocenters. The van der Waals surface area contributed by atoms with E-state index < -0.39 is 95.2 Å². The SMILES string of the molecule is Cc1c(C)c(OS(=O)(=O)C(F)(F)F)c(C)c(O)c1S.Cc1c(C)c(OS(=O)(=O)C(F)(F)F)c(C)c2c1CC(C)(C)O2.Cc1c(C)c2c(c(C)c1OS(=O)(=O)C(F)(F)F)OC(C)(C)S2.Cc1c(O)c(C)c2oc(=O)sc2c1C.Cc1c(OS(=O)(=O)C(F)(F)F)c(C)c2oc(=O)sc2c1C. The molecule has 0 atom stereocenters. The van der Waals surface area contributed by atoms with Crippen LogP contribution in [0.5, 0.6) is 46.0 Å². The summed E-state index contributed by atoms with van der Waals surface area (Å²) in [7, 11) is -23.0. The number of alkyl halides is 12. The standard InChI is InChI=1S/C14H17F3O4S.C13H15F3O4S2.C11H9F3O5S2.C10H11F3O4S2.C10H10O3S/c1-7-8(2)11(21-22(18,19)14(15,16)17)9(3)12-10(7)6-13(4,5)20-12;1-6-7(2)11-10(19-12(4,5)21-11)8(3)9(6)20-22(17,18)13(14,15)16;1-4-5(2)9-8(18-10(15)20-9)6(3)7(4)19-21(16,17)11(12,13)14;1-4-5(2)9(18)7(14)6(3)8(4)17-19(15,16)10(11,12)13;1-4-5(2)9-8(6(3)7(4)11)13-10(12)14-9/h6H2,1-5H3;1-5H3;1-3H3;14,18H,1-3H3;11H,1-3H3. The van der Waals surface area contributed by atoms with Crippen LogP contribution >= 0.6 is 47.1 Å². The number of phenols is 2. The molecular formula is C58H62F12O20S8. The first-order valence-corrected chi connectivity index (χ1v) is 36.1. The van der Waals surface area contributed by atoms with Crippen molar-refractivity contribution in [1.82, 2.24) is 0 Å². The monoisotopic (exact) mass is 1560 g/mol. The van der Waals surface area contributed by atoms with Crippen LogP contribution < -0.4 is 36.1 Å². The minimum atomic E-state index is -5.79. The van der Waals surface area contributed by atoms with E-state index in [0.29, 0.717) is 67.1 Å². The highest BCUT2D eigenvalue weighted by molar-refractivity contribution is 8.01. The number of thiol groups is 1. The molecule has 2 N–H and O–H groups in total. The third-order valence-corrected chi connectivity index (χ3v) is 22.8. The molecule has 2 aliphatic rings. The molecule has 7 aromatic rings. The van der Waals surface area contributed by atoms with Crippen molar-refractivity contribution in [2.24, 2.45) is 0 Å². The summed E-state index contributed by atoms with van der Waals surface area (Å²) in [5, 5.41) is 19.4. The molecule has 20 nitrogen and oxygen atoms in total. The molecule has 0 bridgehead atoms. The number of aryl methyl sites for hydroxylation is 4. The molecular weight excluding hydrogens is 1500 g/mol. The van der Waals surface area contributed by atoms with Gasteiger partial charge in [0.2, 0.25) is 0 Å². The zero-order valence-electron chi connectivity index (χ0n) is 54.8. The van der Waals surface area contributed by atoms with Crippen LogP contribution in [0.3, 0.4) is 0 Å². The number of ether oxygens (including phenoxy) is 2. The third-order valence-electron chi connectivity index (χ3n) is 15.2. The zero-order chi connectivity index (χ0) is 76.0. The van der Waals surface area contributed by atoms with Crippen molar-refractivity contribution in [1.29, 1.82) is 0 Å². The molecule has 4 heterocycles. The van der Waals surface area contributed by atoms with E-state index in [1.54, 1.807) is 20.8 Å². The normalized spacial score (nSPS) is 14.4. The van der Waals surface area contributed by atoms with E-state index in [1.165, 1.54) is 81.0 Å². The summed E-state index contributed by atoms with van der Waals surface area (Å²) in [6.07, 6.45) is 0.599. The van der Waals surface area contributed by atoms with Crippen LogP contribution in [0.4, 0.5) is 52.7 Å². The Morgan fingerprint density at radius 2 is 0.735 bits per heavy atom. The summed E-state index contributed by atoms with van der Waals surface area (Å²) >= 11 is 7.29. The molecule has 0 saturated carbocycles. The number of thioether (sulfide) groups is 1. The first-order valence-electron chi connectivity index (χ1n) is 27.5. The molecule has 2 aromatic heterocycles. The second-order valence-corrected chi connectivity index (χ2v) is 33.1. The minimum absolute atomic E-state index is 0.0271. The van der Waals surface area contributed by atoms with E-state index in [0.717, 1.165) is 49.0 Å². The van der Waals surface area contributed by atoms with Gasteiger partial charge in [0.05, 0.1) is 14.3 Å². The highest BCUT2D eigenvalue weighted by Gasteiger charge is 2.52. The minimum Gasteiger partial charge on any atom is -0.507 e. The average Bonchev–Trinajstić information content (AvgIpc) is 1.72. The highest BCUT2D eigenvalue weighted by atomic mass is 32.2. The molecule has 0 saturated heterocycles. The Hall–Kier alpha value is -6.46. The molecule has 98 heavy (non-hydrogen) atoms. The molecule has 5 aromatic carbocycles. The Kier molecular flexibility index (Phi) is 23.3. The van der Waals surface area contributed by atoms with Crippen molar-refractivity contribution < 1.29 is 132 Å². The van der Waals surface area contributed by atoms with Gasteiger partial charge in [0.25, 0.3) is 0 Å². The lowest BCUT2D eigenvalue weighted by atomic mass is 9.93. The van der Waals surface area contributed by atoms with E-state index in [9.17, 15) is 106 Å². The summed E-state index contributed by atoms with van der Waals surface area (Å²) in [6, 6.07) is 0. The van der Waals surface area contributed by atoms with Gasteiger partial charge in [-0.05, 0) is 187 Å². The fourth-order valence-electron chi connectivity index (χ4n) is 9.32. The molecule has 0 fully saturated rings. The summed E-state index contributed by atoms with van der Waals surface area (Å²) < 4.78 is 278. The Labute approximate surface area is 571 Å².